The molecule has 1 aromatic heterocycles. The molecule has 1 aromatic carbocycles. The number of carbonyl (C=O) groups excluding carboxylic acids is 2. The van der Waals surface area contributed by atoms with Gasteiger partial charge in [0, 0.05) is 54.5 Å². The number of rotatable bonds is 12. The fraction of sp³-hybridized carbons (Fsp3) is 0.688. The predicted octanol–water partition coefficient (Wildman–Crippen LogP) is -0.0422. The van der Waals surface area contributed by atoms with Crippen LogP contribution in [0.4, 0.5) is 0 Å². The molecule has 0 unspecified atom stereocenters. The smallest absolute Gasteiger partial charge is 0.309 e. The average Bonchev–Trinajstić information content (AvgIpc) is 3.60. The van der Waals surface area contributed by atoms with Gasteiger partial charge in [-0.3, -0.25) is 9.59 Å². The van der Waals surface area contributed by atoms with Crippen LogP contribution in [0.15, 0.2) is 10.7 Å². The Bertz CT molecular complexity index is 1440. The van der Waals surface area contributed by atoms with Gasteiger partial charge in [-0.2, -0.15) is 0 Å². The van der Waals surface area contributed by atoms with E-state index in [1.165, 1.54) is 0 Å². The first-order valence-corrected chi connectivity index (χ1v) is 16.1. The van der Waals surface area contributed by atoms with Crippen molar-refractivity contribution in [1.82, 2.24) is 5.32 Å². The molecule has 2 aliphatic carbocycles. The highest BCUT2D eigenvalue weighted by Gasteiger charge is 2.56. The number of unbranched alkanes of at least 4 members (excludes halogenated alkanes) is 1. The molecule has 2 fully saturated rings. The number of nitrogens with one attached hydrogen (secondary N) is 1. The zero-order valence-electron chi connectivity index (χ0n) is 25.7. The van der Waals surface area contributed by atoms with Gasteiger partial charge in [0.25, 0.3) is 0 Å². The van der Waals surface area contributed by atoms with Gasteiger partial charge < -0.3 is 59.3 Å². The van der Waals surface area contributed by atoms with E-state index in [2.05, 4.69) is 5.32 Å². The first-order chi connectivity index (χ1) is 22.2. The summed E-state index contributed by atoms with van der Waals surface area (Å²) in [6.45, 7) is 1.14. The first-order valence-electron chi connectivity index (χ1n) is 16.1. The Kier molecular flexibility index (Phi) is 9.50. The molecule has 1 amide bonds. The van der Waals surface area contributed by atoms with Gasteiger partial charge in [-0.1, -0.05) is 0 Å². The molecule has 2 saturated heterocycles. The van der Waals surface area contributed by atoms with Gasteiger partial charge in [0.05, 0.1) is 32.0 Å². The van der Waals surface area contributed by atoms with Crippen LogP contribution in [0.2, 0.25) is 0 Å². The van der Waals surface area contributed by atoms with Gasteiger partial charge in [-0.15, -0.1) is 0 Å². The molecule has 46 heavy (non-hydrogen) atoms. The Morgan fingerprint density at radius 1 is 1.11 bits per heavy atom. The zero-order valence-corrected chi connectivity index (χ0v) is 25.7. The lowest BCUT2D eigenvalue weighted by atomic mass is 9.72. The summed E-state index contributed by atoms with van der Waals surface area (Å²) in [6.07, 6.45) is -3.42. The minimum Gasteiger partial charge on any atom is -0.486 e. The van der Waals surface area contributed by atoms with Gasteiger partial charge in [0.1, 0.15) is 18.3 Å². The lowest BCUT2D eigenvalue weighted by Crippen LogP contribution is -2.68. The molecule has 14 heteroatoms. The number of carbonyl (C=O) groups is 2. The third-order valence-corrected chi connectivity index (χ3v) is 10.0. The number of esters is 1. The van der Waals surface area contributed by atoms with Crippen LogP contribution in [0.5, 0.6) is 11.5 Å². The maximum absolute atomic E-state index is 13.3. The Balaban J connectivity index is 1.55. The fourth-order valence-electron chi connectivity index (χ4n) is 7.74. The number of ether oxygens (including phenoxy) is 4. The lowest BCUT2D eigenvalue weighted by Gasteiger charge is -2.47. The summed E-state index contributed by atoms with van der Waals surface area (Å²) in [4.78, 5) is 26.3. The minimum absolute atomic E-state index is 0.0446. The van der Waals surface area contributed by atoms with Gasteiger partial charge in [0.2, 0.25) is 17.9 Å². The number of benzene rings is 1. The molecule has 2 aromatic rings. The standard InChI is InChI=1S/C32H43NO13/c1-2-42-30(40)16-9-15-10-17-19(12-33-29(17)39)20-14-44-26-23(20)22(15)18(11-16)25(27(26)43-8-4-3-6-34)46-31-32(41,5-7-35)28(38)24(37)21(13-36)45-31/h14-17,19,21,24,28,31,34-38,41H,2-13H2,1H3,(H,33,39)/t15-,16-,17+,19-,21+,24+,28-,31-,32+/m0/s1. The Hall–Kier alpha value is -2.98. The van der Waals surface area contributed by atoms with Crippen LogP contribution >= 0.6 is 0 Å². The van der Waals surface area contributed by atoms with E-state index >= 15 is 0 Å². The summed E-state index contributed by atoms with van der Waals surface area (Å²) in [5.74, 6) is -1.66. The summed E-state index contributed by atoms with van der Waals surface area (Å²) in [5.41, 5.74) is 0.260. The molecule has 9 atom stereocenters. The van der Waals surface area contributed by atoms with E-state index in [1.807, 2.05) is 0 Å². The lowest BCUT2D eigenvalue weighted by molar-refractivity contribution is -0.323. The largest absolute Gasteiger partial charge is 0.486 e. The fourth-order valence-corrected chi connectivity index (χ4v) is 7.74. The Labute approximate surface area is 265 Å². The zero-order chi connectivity index (χ0) is 32.7. The van der Waals surface area contributed by atoms with E-state index in [4.69, 9.17) is 23.4 Å². The Morgan fingerprint density at radius 3 is 2.63 bits per heavy atom. The molecule has 7 N–H and O–H groups in total. The average molecular weight is 650 g/mol. The van der Waals surface area contributed by atoms with Gasteiger partial charge in [-0.25, -0.2) is 0 Å². The van der Waals surface area contributed by atoms with E-state index in [1.54, 1.807) is 13.2 Å². The second kappa shape index (κ2) is 13.3. The van der Waals surface area contributed by atoms with Crippen molar-refractivity contribution in [3.63, 3.8) is 0 Å². The van der Waals surface area contributed by atoms with Crippen molar-refractivity contribution in [1.29, 1.82) is 0 Å². The van der Waals surface area contributed by atoms with Gasteiger partial charge >= 0.3 is 5.97 Å². The molecule has 6 rings (SSSR count). The van der Waals surface area contributed by atoms with E-state index in [-0.39, 0.29) is 61.4 Å². The van der Waals surface area contributed by atoms with Crippen molar-refractivity contribution >= 4 is 22.8 Å². The molecule has 2 aliphatic heterocycles. The van der Waals surface area contributed by atoms with E-state index in [0.29, 0.717) is 43.4 Å². The predicted molar refractivity (Wildman–Crippen MR) is 158 cm³/mol. The highest BCUT2D eigenvalue weighted by molar-refractivity contribution is 5.97. The summed E-state index contributed by atoms with van der Waals surface area (Å²) in [6, 6.07) is 0. The normalized spacial score (nSPS) is 33.3. The minimum atomic E-state index is -2.32. The maximum atomic E-state index is 13.3. The third-order valence-electron chi connectivity index (χ3n) is 10.0. The van der Waals surface area contributed by atoms with Crippen LogP contribution in [0.3, 0.4) is 0 Å². The molecule has 14 nitrogen and oxygen atoms in total. The van der Waals surface area contributed by atoms with E-state index in [9.17, 15) is 40.2 Å². The number of aliphatic hydroxyl groups is 6. The van der Waals surface area contributed by atoms with Crippen LogP contribution in [0.1, 0.15) is 67.6 Å². The molecule has 0 bridgehead atoms. The molecule has 0 radical (unpaired) electrons. The number of furan rings is 1. The van der Waals surface area contributed by atoms with Crippen LogP contribution < -0.4 is 14.8 Å². The van der Waals surface area contributed by atoms with Crippen molar-refractivity contribution in [2.45, 2.75) is 87.5 Å². The van der Waals surface area contributed by atoms with Crippen molar-refractivity contribution in [2.24, 2.45) is 11.8 Å². The monoisotopic (exact) mass is 649 g/mol. The number of aliphatic hydroxyl groups excluding tert-OH is 5. The number of fused-ring (bicyclic) bond motifs is 2. The highest BCUT2D eigenvalue weighted by Crippen LogP contribution is 2.57. The van der Waals surface area contributed by atoms with Crippen molar-refractivity contribution < 1.29 is 63.6 Å². The molecular weight excluding hydrogens is 606 g/mol. The summed E-state index contributed by atoms with van der Waals surface area (Å²) in [5, 5.41) is 66.1. The number of hydrogen-bond donors (Lipinski definition) is 7. The molecule has 3 heterocycles. The molecule has 4 aliphatic rings. The highest BCUT2D eigenvalue weighted by atomic mass is 16.7. The molecule has 254 valence electrons. The second-order valence-corrected chi connectivity index (χ2v) is 12.7. The van der Waals surface area contributed by atoms with Gasteiger partial charge in [-0.05, 0) is 50.5 Å². The van der Waals surface area contributed by atoms with Crippen molar-refractivity contribution in [3.8, 4) is 11.5 Å². The van der Waals surface area contributed by atoms with Crippen molar-refractivity contribution in [3.05, 3.63) is 23.0 Å². The van der Waals surface area contributed by atoms with Crippen LogP contribution in [0.25, 0.3) is 11.0 Å². The maximum Gasteiger partial charge on any atom is 0.309 e. The van der Waals surface area contributed by atoms with Gasteiger partial charge in [0.15, 0.2) is 16.9 Å². The number of amides is 1. The second-order valence-electron chi connectivity index (χ2n) is 12.7. The molecule has 0 saturated carbocycles. The molecular formula is C32H43NO13. The SMILES string of the molecule is CCOC(=O)[C@@H]1Cc2c(O[C@@H]3O[C@H](CO)[C@@H](O)[C@H](O)[C@]3(O)CCO)c(OCCCCO)c3occ4c3c2[C@@H](C1)C[C@H]1C(=O)NC[C@H]41. The van der Waals surface area contributed by atoms with Crippen LogP contribution in [-0.2, 0) is 25.5 Å². The quantitative estimate of drug-likeness (QED) is 0.119. The summed E-state index contributed by atoms with van der Waals surface area (Å²) < 4.78 is 30.2. The third kappa shape index (κ3) is 5.43. The Morgan fingerprint density at radius 2 is 1.91 bits per heavy atom. The topological polar surface area (TPSA) is 218 Å². The van der Waals surface area contributed by atoms with Crippen molar-refractivity contribution in [2.75, 3.05) is 39.6 Å². The van der Waals surface area contributed by atoms with Crippen LogP contribution in [-0.4, -0.2) is 112 Å². The van der Waals surface area contributed by atoms with Crippen LogP contribution in [0, 0.1) is 11.8 Å². The number of hydrogen-bond acceptors (Lipinski definition) is 13. The summed E-state index contributed by atoms with van der Waals surface area (Å²) >= 11 is 0. The molecule has 0 spiro atoms. The first kappa shape index (κ1) is 32.9. The van der Waals surface area contributed by atoms with E-state index in [0.717, 1.165) is 16.5 Å². The van der Waals surface area contributed by atoms with E-state index < -0.39 is 61.7 Å². The summed E-state index contributed by atoms with van der Waals surface area (Å²) in [7, 11) is 0.